The Kier molecular flexibility index (Phi) is 6.84. The number of ether oxygens (including phenoxy) is 1. The SMILES string of the molecule is Nc1cc(N)cc(C(=O)Oc2ccc(Cc3ccc(/C=C/C(=O)c4ccccc4)cc3)cc2)c1. The molecule has 5 nitrogen and oxygen atoms in total. The average molecular weight is 449 g/mol. The summed E-state index contributed by atoms with van der Waals surface area (Å²) in [5.41, 5.74) is 16.4. The topological polar surface area (TPSA) is 95.4 Å². The van der Waals surface area contributed by atoms with Crippen molar-refractivity contribution in [3.05, 3.63) is 131 Å². The van der Waals surface area contributed by atoms with Crippen molar-refractivity contribution in [2.75, 3.05) is 11.5 Å². The molecule has 4 aromatic rings. The summed E-state index contributed by atoms with van der Waals surface area (Å²) in [7, 11) is 0. The van der Waals surface area contributed by atoms with E-state index >= 15 is 0 Å². The molecule has 0 heterocycles. The monoisotopic (exact) mass is 448 g/mol. The first-order valence-electron chi connectivity index (χ1n) is 10.8. The fourth-order valence-corrected chi connectivity index (χ4v) is 3.49. The first-order chi connectivity index (χ1) is 16.5. The maximum Gasteiger partial charge on any atom is 0.343 e. The molecule has 34 heavy (non-hydrogen) atoms. The highest BCUT2D eigenvalue weighted by molar-refractivity contribution is 6.06. The van der Waals surface area contributed by atoms with Crippen molar-refractivity contribution in [3.63, 3.8) is 0 Å². The number of hydrogen-bond acceptors (Lipinski definition) is 5. The standard InChI is InChI=1S/C29H24N2O3/c30-25-17-24(18-26(31)19-25)29(33)34-27-13-10-22(11-14-27)16-21-8-6-20(7-9-21)12-15-28(32)23-4-2-1-3-5-23/h1-15,17-19H,16,30-31H2/b15-12+. The summed E-state index contributed by atoms with van der Waals surface area (Å²) in [4.78, 5) is 24.5. The van der Waals surface area contributed by atoms with Crippen molar-refractivity contribution in [1.29, 1.82) is 0 Å². The predicted molar refractivity (Wildman–Crippen MR) is 136 cm³/mol. The molecular formula is C29H24N2O3. The Morgan fingerprint density at radius 3 is 1.91 bits per heavy atom. The van der Waals surface area contributed by atoms with E-state index in [1.165, 1.54) is 12.1 Å². The minimum atomic E-state index is -0.513. The van der Waals surface area contributed by atoms with Crippen LogP contribution >= 0.6 is 0 Å². The molecule has 0 amide bonds. The molecule has 4 rings (SSSR count). The van der Waals surface area contributed by atoms with E-state index in [-0.39, 0.29) is 5.78 Å². The van der Waals surface area contributed by atoms with Crippen LogP contribution in [0.2, 0.25) is 0 Å². The third-order valence-electron chi connectivity index (χ3n) is 5.22. The number of nitrogens with two attached hydrogens (primary N) is 2. The van der Waals surface area contributed by atoms with E-state index in [2.05, 4.69) is 0 Å². The number of carbonyl (C=O) groups excluding carboxylic acids is 2. The molecule has 0 aromatic heterocycles. The fraction of sp³-hybridized carbons (Fsp3) is 0.0345. The van der Waals surface area contributed by atoms with Gasteiger partial charge < -0.3 is 16.2 Å². The molecule has 0 bridgehead atoms. The molecule has 0 spiro atoms. The van der Waals surface area contributed by atoms with Gasteiger partial charge in [0.1, 0.15) is 5.75 Å². The lowest BCUT2D eigenvalue weighted by Gasteiger charge is -2.08. The number of allylic oxidation sites excluding steroid dienone is 1. The van der Waals surface area contributed by atoms with Gasteiger partial charge in [-0.1, -0.05) is 72.8 Å². The van der Waals surface area contributed by atoms with E-state index in [9.17, 15) is 9.59 Å². The van der Waals surface area contributed by atoms with E-state index < -0.39 is 5.97 Å². The van der Waals surface area contributed by atoms with Crippen molar-refractivity contribution < 1.29 is 14.3 Å². The molecule has 0 aliphatic heterocycles. The van der Waals surface area contributed by atoms with Gasteiger partial charge in [0.2, 0.25) is 0 Å². The van der Waals surface area contributed by atoms with Crippen LogP contribution in [0.4, 0.5) is 11.4 Å². The average Bonchev–Trinajstić information content (AvgIpc) is 2.84. The van der Waals surface area contributed by atoms with Crippen molar-refractivity contribution in [3.8, 4) is 5.75 Å². The van der Waals surface area contributed by atoms with Crippen LogP contribution in [0.5, 0.6) is 5.75 Å². The second kappa shape index (κ2) is 10.3. The third-order valence-corrected chi connectivity index (χ3v) is 5.22. The van der Waals surface area contributed by atoms with Crippen LogP contribution in [0.1, 0.15) is 37.4 Å². The number of nitrogen functional groups attached to an aromatic ring is 2. The molecule has 4 aromatic carbocycles. The Hall–Kier alpha value is -4.64. The van der Waals surface area contributed by atoms with Crippen molar-refractivity contribution in [2.24, 2.45) is 0 Å². The van der Waals surface area contributed by atoms with Crippen LogP contribution in [-0.4, -0.2) is 11.8 Å². The predicted octanol–water partition coefficient (Wildman–Crippen LogP) is 5.56. The van der Waals surface area contributed by atoms with Gasteiger partial charge in [0, 0.05) is 16.9 Å². The van der Waals surface area contributed by atoms with Crippen LogP contribution in [-0.2, 0) is 6.42 Å². The second-order valence-electron chi connectivity index (χ2n) is 7.90. The lowest BCUT2D eigenvalue weighted by Crippen LogP contribution is -2.09. The van der Waals surface area contributed by atoms with Gasteiger partial charge in [0.25, 0.3) is 0 Å². The number of ketones is 1. The summed E-state index contributed by atoms with van der Waals surface area (Å²) in [6.07, 6.45) is 4.13. The quantitative estimate of drug-likeness (QED) is 0.127. The molecule has 168 valence electrons. The van der Waals surface area contributed by atoms with Gasteiger partial charge >= 0.3 is 5.97 Å². The lowest BCUT2D eigenvalue weighted by molar-refractivity contribution is 0.0734. The number of hydrogen-bond donors (Lipinski definition) is 2. The Labute approximate surface area is 198 Å². The molecule has 0 unspecified atom stereocenters. The van der Waals surface area contributed by atoms with E-state index in [4.69, 9.17) is 16.2 Å². The van der Waals surface area contributed by atoms with Crippen LogP contribution in [0.3, 0.4) is 0 Å². The maximum absolute atomic E-state index is 12.3. The Morgan fingerprint density at radius 2 is 1.29 bits per heavy atom. The van der Waals surface area contributed by atoms with Crippen molar-refractivity contribution in [2.45, 2.75) is 6.42 Å². The number of carbonyl (C=O) groups is 2. The number of rotatable bonds is 7. The highest BCUT2D eigenvalue weighted by atomic mass is 16.5. The molecule has 0 aliphatic carbocycles. The van der Waals surface area contributed by atoms with Gasteiger partial charge in [-0.25, -0.2) is 4.79 Å². The minimum Gasteiger partial charge on any atom is -0.423 e. The number of esters is 1. The minimum absolute atomic E-state index is 0.0235. The first kappa shape index (κ1) is 22.6. The molecule has 4 N–H and O–H groups in total. The Balaban J connectivity index is 1.34. The zero-order valence-electron chi connectivity index (χ0n) is 18.5. The van der Waals surface area contributed by atoms with Gasteiger partial charge in [0.15, 0.2) is 5.78 Å². The summed E-state index contributed by atoms with van der Waals surface area (Å²) in [5.74, 6) is -0.0934. The molecule has 0 saturated carbocycles. The summed E-state index contributed by atoms with van der Waals surface area (Å²) in [6.45, 7) is 0. The van der Waals surface area contributed by atoms with Crippen LogP contribution in [0.25, 0.3) is 6.08 Å². The largest absolute Gasteiger partial charge is 0.423 e. The van der Waals surface area contributed by atoms with Crippen molar-refractivity contribution in [1.82, 2.24) is 0 Å². The zero-order chi connectivity index (χ0) is 23.9. The van der Waals surface area contributed by atoms with Gasteiger partial charge in [-0.3, -0.25) is 4.79 Å². The van der Waals surface area contributed by atoms with Gasteiger partial charge in [-0.05, 0) is 59.5 Å². The number of anilines is 2. The molecule has 0 aliphatic rings. The molecule has 0 fully saturated rings. The van der Waals surface area contributed by atoms with E-state index in [1.54, 1.807) is 36.4 Å². The van der Waals surface area contributed by atoms with E-state index in [0.717, 1.165) is 23.1 Å². The molecule has 5 heteroatoms. The number of benzene rings is 4. The highest BCUT2D eigenvalue weighted by Gasteiger charge is 2.10. The first-order valence-corrected chi connectivity index (χ1v) is 10.8. The molecular weight excluding hydrogens is 424 g/mol. The molecule has 0 atom stereocenters. The van der Waals surface area contributed by atoms with E-state index in [1.807, 2.05) is 60.7 Å². The Bertz CT molecular complexity index is 1310. The molecule has 0 radical (unpaired) electrons. The summed E-state index contributed by atoms with van der Waals surface area (Å²) >= 11 is 0. The van der Waals surface area contributed by atoms with E-state index in [0.29, 0.717) is 28.3 Å². The zero-order valence-corrected chi connectivity index (χ0v) is 18.5. The van der Waals surface area contributed by atoms with Gasteiger partial charge in [-0.15, -0.1) is 0 Å². The third kappa shape index (κ3) is 5.99. The lowest BCUT2D eigenvalue weighted by atomic mass is 10.0. The van der Waals surface area contributed by atoms with Crippen LogP contribution < -0.4 is 16.2 Å². The van der Waals surface area contributed by atoms with Gasteiger partial charge in [-0.2, -0.15) is 0 Å². The maximum atomic E-state index is 12.3. The van der Waals surface area contributed by atoms with Gasteiger partial charge in [0.05, 0.1) is 5.56 Å². The fourth-order valence-electron chi connectivity index (χ4n) is 3.49. The van der Waals surface area contributed by atoms with Crippen LogP contribution in [0, 0.1) is 0 Å². The summed E-state index contributed by atoms with van der Waals surface area (Å²) in [5, 5.41) is 0. The Morgan fingerprint density at radius 1 is 0.706 bits per heavy atom. The normalized spacial score (nSPS) is 10.8. The smallest absolute Gasteiger partial charge is 0.343 e. The van der Waals surface area contributed by atoms with Crippen LogP contribution in [0.15, 0.2) is 103 Å². The highest BCUT2D eigenvalue weighted by Crippen LogP contribution is 2.19. The second-order valence-corrected chi connectivity index (χ2v) is 7.90. The summed E-state index contributed by atoms with van der Waals surface area (Å²) < 4.78 is 5.42. The summed E-state index contributed by atoms with van der Waals surface area (Å²) in [6, 6.07) is 29.2. The van der Waals surface area contributed by atoms with Crippen molar-refractivity contribution >= 4 is 29.2 Å². The molecule has 0 saturated heterocycles.